The minimum atomic E-state index is -2.46. The van der Waals surface area contributed by atoms with Crippen molar-refractivity contribution < 1.29 is 13.9 Å². The first kappa shape index (κ1) is 16.8. The summed E-state index contributed by atoms with van der Waals surface area (Å²) in [5.41, 5.74) is 1.71. The van der Waals surface area contributed by atoms with E-state index in [4.69, 9.17) is 5.11 Å². The Morgan fingerprint density at radius 3 is 2.55 bits per heavy atom. The summed E-state index contributed by atoms with van der Waals surface area (Å²) in [6.45, 7) is 6.06. The van der Waals surface area contributed by atoms with Gasteiger partial charge in [0.05, 0.1) is 18.8 Å². The molecule has 0 radical (unpaired) electrons. The van der Waals surface area contributed by atoms with Crippen molar-refractivity contribution in [2.24, 2.45) is 7.05 Å². The van der Waals surface area contributed by atoms with E-state index >= 15 is 0 Å². The number of nitrogens with one attached hydrogen (secondary N) is 1. The first-order chi connectivity index (χ1) is 9.36. The summed E-state index contributed by atoms with van der Waals surface area (Å²) in [4.78, 5) is 1.49. The van der Waals surface area contributed by atoms with Crippen molar-refractivity contribution in [1.29, 1.82) is 0 Å². The zero-order valence-corrected chi connectivity index (χ0v) is 12.5. The van der Waals surface area contributed by atoms with Gasteiger partial charge in [0, 0.05) is 31.7 Å². The highest BCUT2D eigenvalue weighted by molar-refractivity contribution is 5.50. The largest absolute Gasteiger partial charge is 0.395 e. The number of nitrogens with zero attached hydrogens (tertiary/aromatic N) is 3. The van der Waals surface area contributed by atoms with E-state index in [0.29, 0.717) is 18.4 Å². The Labute approximate surface area is 118 Å². The smallest absolute Gasteiger partial charge is 0.255 e. The van der Waals surface area contributed by atoms with Crippen LogP contribution in [0.5, 0.6) is 0 Å². The molecule has 1 aromatic heterocycles. The first-order valence-corrected chi connectivity index (χ1v) is 6.76. The maximum Gasteiger partial charge on any atom is 0.255 e. The Balaban J connectivity index is 3.05. The van der Waals surface area contributed by atoms with Crippen molar-refractivity contribution in [3.63, 3.8) is 0 Å². The van der Waals surface area contributed by atoms with Gasteiger partial charge in [-0.25, -0.2) is 8.78 Å². The van der Waals surface area contributed by atoms with E-state index < -0.39 is 13.0 Å². The molecule has 0 saturated carbocycles. The standard InChI is InChI=1S/C13H24F2N4O/c1-9(2)16-7-11-10(3)17-18(4)13(11)19(5-6-20)8-12(14)15/h9,12,16,20H,5-8H2,1-4H3. The van der Waals surface area contributed by atoms with E-state index in [9.17, 15) is 8.78 Å². The number of aliphatic hydroxyl groups is 1. The van der Waals surface area contributed by atoms with Gasteiger partial charge in [0.25, 0.3) is 6.43 Å². The monoisotopic (exact) mass is 290 g/mol. The molecule has 5 nitrogen and oxygen atoms in total. The molecule has 0 spiro atoms. The number of aliphatic hydroxyl groups excluding tert-OH is 1. The third-order valence-electron chi connectivity index (χ3n) is 3.03. The average Bonchev–Trinajstić information content (AvgIpc) is 2.60. The van der Waals surface area contributed by atoms with Crippen LogP contribution >= 0.6 is 0 Å². The molecule has 1 aromatic rings. The highest BCUT2D eigenvalue weighted by Crippen LogP contribution is 2.24. The average molecular weight is 290 g/mol. The predicted octanol–water partition coefficient (Wildman–Crippen LogP) is 1.29. The summed E-state index contributed by atoms with van der Waals surface area (Å²) in [7, 11) is 1.73. The van der Waals surface area contributed by atoms with E-state index in [0.717, 1.165) is 11.3 Å². The van der Waals surface area contributed by atoms with E-state index in [1.807, 2.05) is 20.8 Å². The fourth-order valence-corrected chi connectivity index (χ4v) is 2.17. The van der Waals surface area contributed by atoms with Crippen molar-refractivity contribution >= 4 is 5.82 Å². The maximum atomic E-state index is 12.7. The lowest BCUT2D eigenvalue weighted by Crippen LogP contribution is -2.34. The number of aryl methyl sites for hydroxylation is 2. The number of anilines is 1. The molecule has 1 heterocycles. The van der Waals surface area contributed by atoms with E-state index in [2.05, 4.69) is 10.4 Å². The quantitative estimate of drug-likeness (QED) is 0.757. The number of hydrogen-bond donors (Lipinski definition) is 2. The van der Waals surface area contributed by atoms with Gasteiger partial charge in [0.15, 0.2) is 0 Å². The van der Waals surface area contributed by atoms with Crippen LogP contribution in [0.4, 0.5) is 14.6 Å². The lowest BCUT2D eigenvalue weighted by Gasteiger charge is -2.25. The van der Waals surface area contributed by atoms with Crippen molar-refractivity contribution in [3.8, 4) is 0 Å². The van der Waals surface area contributed by atoms with Crippen LogP contribution in [0.1, 0.15) is 25.1 Å². The Morgan fingerprint density at radius 2 is 2.05 bits per heavy atom. The van der Waals surface area contributed by atoms with Crippen LogP contribution in [-0.4, -0.2) is 47.1 Å². The molecular formula is C13H24F2N4O. The molecule has 0 amide bonds. The highest BCUT2D eigenvalue weighted by atomic mass is 19.3. The molecule has 1 rings (SSSR count). The second-order valence-corrected chi connectivity index (χ2v) is 5.11. The normalized spacial score (nSPS) is 11.7. The van der Waals surface area contributed by atoms with Crippen LogP contribution in [0.15, 0.2) is 0 Å². The van der Waals surface area contributed by atoms with Gasteiger partial charge in [-0.3, -0.25) is 4.68 Å². The van der Waals surface area contributed by atoms with Crippen LogP contribution in [0.25, 0.3) is 0 Å². The molecule has 0 saturated heterocycles. The van der Waals surface area contributed by atoms with Crippen molar-refractivity contribution in [2.45, 2.75) is 39.8 Å². The minimum Gasteiger partial charge on any atom is -0.395 e. The van der Waals surface area contributed by atoms with Crippen LogP contribution < -0.4 is 10.2 Å². The number of hydrogen-bond acceptors (Lipinski definition) is 4. The van der Waals surface area contributed by atoms with E-state index in [-0.39, 0.29) is 13.2 Å². The summed E-state index contributed by atoms with van der Waals surface area (Å²) < 4.78 is 27.0. The first-order valence-electron chi connectivity index (χ1n) is 6.76. The number of alkyl halides is 2. The van der Waals surface area contributed by atoms with Crippen molar-refractivity contribution in [2.75, 3.05) is 24.6 Å². The summed E-state index contributed by atoms with van der Waals surface area (Å²) >= 11 is 0. The zero-order chi connectivity index (χ0) is 15.3. The summed E-state index contributed by atoms with van der Waals surface area (Å²) in [5.74, 6) is 0.644. The molecule has 116 valence electrons. The van der Waals surface area contributed by atoms with Gasteiger partial charge in [-0.2, -0.15) is 5.10 Å². The lowest BCUT2D eigenvalue weighted by atomic mass is 10.2. The van der Waals surface area contributed by atoms with Gasteiger partial charge in [0.1, 0.15) is 5.82 Å². The second kappa shape index (κ2) is 7.54. The third kappa shape index (κ3) is 4.42. The number of halogens is 2. The molecule has 0 aliphatic heterocycles. The van der Waals surface area contributed by atoms with Crippen molar-refractivity contribution in [1.82, 2.24) is 15.1 Å². The Hall–Kier alpha value is -1.21. The predicted molar refractivity (Wildman–Crippen MR) is 75.2 cm³/mol. The molecule has 0 atom stereocenters. The summed E-state index contributed by atoms with van der Waals surface area (Å²) in [6, 6.07) is 0.295. The SMILES string of the molecule is Cc1nn(C)c(N(CCO)CC(F)F)c1CNC(C)C. The van der Waals surface area contributed by atoms with Gasteiger partial charge in [-0.1, -0.05) is 13.8 Å². The molecule has 7 heteroatoms. The van der Waals surface area contributed by atoms with Crippen molar-refractivity contribution in [3.05, 3.63) is 11.3 Å². The second-order valence-electron chi connectivity index (χ2n) is 5.11. The molecule has 0 bridgehead atoms. The number of aromatic nitrogens is 2. The van der Waals surface area contributed by atoms with Gasteiger partial charge in [-0.15, -0.1) is 0 Å². The fourth-order valence-electron chi connectivity index (χ4n) is 2.17. The molecular weight excluding hydrogens is 266 g/mol. The zero-order valence-electron chi connectivity index (χ0n) is 12.5. The maximum absolute atomic E-state index is 12.7. The summed E-state index contributed by atoms with van der Waals surface area (Å²) in [6.07, 6.45) is -2.46. The van der Waals surface area contributed by atoms with Gasteiger partial charge < -0.3 is 15.3 Å². The van der Waals surface area contributed by atoms with Gasteiger partial charge in [-0.05, 0) is 6.92 Å². The number of rotatable bonds is 8. The van der Waals surface area contributed by atoms with Crippen LogP contribution in [0.3, 0.4) is 0 Å². The molecule has 0 fully saturated rings. The molecule has 0 aromatic carbocycles. The lowest BCUT2D eigenvalue weighted by molar-refractivity contribution is 0.152. The molecule has 2 N–H and O–H groups in total. The van der Waals surface area contributed by atoms with Crippen LogP contribution in [0, 0.1) is 6.92 Å². The van der Waals surface area contributed by atoms with E-state index in [1.54, 1.807) is 11.7 Å². The molecule has 0 aliphatic rings. The molecule has 0 aliphatic carbocycles. The van der Waals surface area contributed by atoms with E-state index in [1.165, 1.54) is 4.90 Å². The Morgan fingerprint density at radius 1 is 1.40 bits per heavy atom. The van der Waals surface area contributed by atoms with Gasteiger partial charge >= 0.3 is 0 Å². The topological polar surface area (TPSA) is 53.3 Å². The van der Waals surface area contributed by atoms with Crippen LogP contribution in [0.2, 0.25) is 0 Å². The summed E-state index contributed by atoms with van der Waals surface area (Å²) in [5, 5.41) is 16.7. The fraction of sp³-hybridized carbons (Fsp3) is 0.769. The van der Waals surface area contributed by atoms with Crippen LogP contribution in [-0.2, 0) is 13.6 Å². The third-order valence-corrected chi connectivity index (χ3v) is 3.03. The highest BCUT2D eigenvalue weighted by Gasteiger charge is 2.21. The molecule has 20 heavy (non-hydrogen) atoms. The Bertz CT molecular complexity index is 421. The Kier molecular flexibility index (Phi) is 6.35. The minimum absolute atomic E-state index is 0.165. The molecule has 0 unspecified atom stereocenters. The van der Waals surface area contributed by atoms with Gasteiger partial charge in [0.2, 0.25) is 0 Å².